The van der Waals surface area contributed by atoms with Crippen LogP contribution in [0.25, 0.3) is 0 Å². The number of hydrogen-bond donors (Lipinski definition) is 7. The van der Waals surface area contributed by atoms with E-state index in [1.807, 2.05) is 5.32 Å². The zero-order valence-electron chi connectivity index (χ0n) is 16.9. The molecule has 32 heavy (non-hydrogen) atoms. The first-order valence-electron chi connectivity index (χ1n) is 9.39. The molecule has 0 heterocycles. The van der Waals surface area contributed by atoms with Crippen LogP contribution in [0.4, 0.5) is 0 Å². The third kappa shape index (κ3) is 9.67. The molecule has 3 unspecified atom stereocenters. The van der Waals surface area contributed by atoms with Gasteiger partial charge < -0.3 is 37.6 Å². The Morgan fingerprint density at radius 1 is 0.875 bits per heavy atom. The van der Waals surface area contributed by atoms with Crippen molar-refractivity contribution < 1.29 is 39.0 Å². The highest BCUT2D eigenvalue weighted by molar-refractivity contribution is 5.95. The third-order valence-corrected chi connectivity index (χ3v) is 4.11. The predicted octanol–water partition coefficient (Wildman–Crippen LogP) is -2.92. The fraction of sp³-hybridized carbons (Fsp3) is 0.368. The lowest BCUT2D eigenvalue weighted by atomic mass is 10.1. The number of amides is 4. The quantitative estimate of drug-likeness (QED) is 0.162. The number of rotatable bonds is 13. The molecular formula is C19H25N5O8. The van der Waals surface area contributed by atoms with Gasteiger partial charge in [0, 0.05) is 0 Å². The average Bonchev–Trinajstić information content (AvgIpc) is 2.70. The van der Waals surface area contributed by atoms with E-state index in [1.165, 1.54) is 0 Å². The molecule has 174 valence electrons. The van der Waals surface area contributed by atoms with E-state index in [4.69, 9.17) is 21.7 Å². The van der Waals surface area contributed by atoms with Crippen LogP contribution in [-0.2, 0) is 35.2 Å². The van der Waals surface area contributed by atoms with Crippen LogP contribution in [0.5, 0.6) is 0 Å². The number of hydrogen-bond acceptors (Lipinski definition) is 7. The van der Waals surface area contributed by atoms with Crippen molar-refractivity contribution in [1.82, 2.24) is 16.0 Å². The summed E-state index contributed by atoms with van der Waals surface area (Å²) in [5, 5.41) is 24.3. The minimum absolute atomic E-state index is 0.217. The first kappa shape index (κ1) is 26.0. The molecule has 1 aromatic carbocycles. The number of nitrogens with two attached hydrogens (primary N) is 2. The molecule has 9 N–H and O–H groups in total. The van der Waals surface area contributed by atoms with Gasteiger partial charge in [0.05, 0.1) is 25.4 Å². The second-order valence-corrected chi connectivity index (χ2v) is 6.80. The maximum absolute atomic E-state index is 12.2. The Bertz CT molecular complexity index is 861. The average molecular weight is 451 g/mol. The Hall–Kier alpha value is -4.00. The van der Waals surface area contributed by atoms with Crippen molar-refractivity contribution in [3.8, 4) is 0 Å². The van der Waals surface area contributed by atoms with Crippen LogP contribution < -0.4 is 27.4 Å². The number of carboxylic acids is 2. The summed E-state index contributed by atoms with van der Waals surface area (Å²) in [5.74, 6) is -6.74. The Morgan fingerprint density at radius 3 is 2.03 bits per heavy atom. The Labute approximate surface area is 182 Å². The van der Waals surface area contributed by atoms with Gasteiger partial charge in [0.2, 0.25) is 23.6 Å². The topological polar surface area (TPSA) is 231 Å². The van der Waals surface area contributed by atoms with Gasteiger partial charge in [-0.2, -0.15) is 0 Å². The fourth-order valence-electron chi connectivity index (χ4n) is 2.56. The van der Waals surface area contributed by atoms with E-state index in [2.05, 4.69) is 10.6 Å². The van der Waals surface area contributed by atoms with Crippen molar-refractivity contribution >= 4 is 35.6 Å². The molecule has 3 atom stereocenters. The molecule has 0 aliphatic heterocycles. The fourth-order valence-corrected chi connectivity index (χ4v) is 2.56. The monoisotopic (exact) mass is 451 g/mol. The van der Waals surface area contributed by atoms with Crippen molar-refractivity contribution in [1.29, 1.82) is 0 Å². The SMILES string of the molecule is NC(=O)CC(NC(=O)C(CC(=O)O)NC(=O)CNC(=O)C(N)Cc1ccccc1)C(=O)O. The molecule has 0 fully saturated rings. The lowest BCUT2D eigenvalue weighted by Crippen LogP contribution is -2.54. The summed E-state index contributed by atoms with van der Waals surface area (Å²) in [7, 11) is 0. The molecule has 13 nitrogen and oxygen atoms in total. The van der Waals surface area contributed by atoms with Crippen LogP contribution in [0, 0.1) is 0 Å². The van der Waals surface area contributed by atoms with E-state index in [0.29, 0.717) is 0 Å². The van der Waals surface area contributed by atoms with Gasteiger partial charge in [0.15, 0.2) is 0 Å². The minimum atomic E-state index is -1.70. The zero-order valence-corrected chi connectivity index (χ0v) is 16.9. The van der Waals surface area contributed by atoms with Crippen molar-refractivity contribution in [2.24, 2.45) is 11.5 Å². The lowest BCUT2D eigenvalue weighted by molar-refractivity contribution is -0.144. The molecule has 1 aromatic rings. The van der Waals surface area contributed by atoms with Gasteiger partial charge in [-0.25, -0.2) is 4.79 Å². The summed E-state index contributed by atoms with van der Waals surface area (Å²) in [4.78, 5) is 69.5. The van der Waals surface area contributed by atoms with E-state index in [-0.39, 0.29) is 6.42 Å². The van der Waals surface area contributed by atoms with Crippen LogP contribution in [0.15, 0.2) is 30.3 Å². The van der Waals surface area contributed by atoms with Crippen molar-refractivity contribution in [3.63, 3.8) is 0 Å². The van der Waals surface area contributed by atoms with Gasteiger partial charge in [0.25, 0.3) is 0 Å². The summed E-state index contributed by atoms with van der Waals surface area (Å²) < 4.78 is 0. The first-order valence-corrected chi connectivity index (χ1v) is 9.39. The molecule has 1 rings (SSSR count). The Balaban J connectivity index is 2.65. The molecule has 13 heteroatoms. The molecule has 0 saturated carbocycles. The van der Waals surface area contributed by atoms with Gasteiger partial charge >= 0.3 is 11.9 Å². The molecule has 4 amide bonds. The van der Waals surface area contributed by atoms with Crippen molar-refractivity contribution in [3.05, 3.63) is 35.9 Å². The molecule has 0 bridgehead atoms. The van der Waals surface area contributed by atoms with Crippen LogP contribution in [0.2, 0.25) is 0 Å². The molecule has 0 aliphatic rings. The van der Waals surface area contributed by atoms with E-state index in [9.17, 15) is 28.8 Å². The van der Waals surface area contributed by atoms with Gasteiger partial charge in [-0.15, -0.1) is 0 Å². The highest BCUT2D eigenvalue weighted by Crippen LogP contribution is 2.02. The number of aliphatic carboxylic acids is 2. The highest BCUT2D eigenvalue weighted by atomic mass is 16.4. The minimum Gasteiger partial charge on any atom is -0.481 e. The van der Waals surface area contributed by atoms with Crippen molar-refractivity contribution in [2.75, 3.05) is 6.54 Å². The number of carbonyl (C=O) groups excluding carboxylic acids is 4. The molecule has 0 aliphatic carbocycles. The summed E-state index contributed by atoms with van der Waals surface area (Å²) in [6.45, 7) is -0.603. The number of carbonyl (C=O) groups is 6. The van der Waals surface area contributed by atoms with E-state index >= 15 is 0 Å². The molecule has 0 radical (unpaired) electrons. The summed E-state index contributed by atoms with van der Waals surface area (Å²) in [6.07, 6.45) is -1.39. The summed E-state index contributed by atoms with van der Waals surface area (Å²) >= 11 is 0. The maximum Gasteiger partial charge on any atom is 0.326 e. The molecule has 0 saturated heterocycles. The zero-order chi connectivity index (χ0) is 24.3. The summed E-state index contributed by atoms with van der Waals surface area (Å²) in [6, 6.07) is 4.59. The van der Waals surface area contributed by atoms with E-state index < -0.39 is 73.1 Å². The largest absolute Gasteiger partial charge is 0.481 e. The standard InChI is InChI=1S/C19H25N5O8/c20-11(6-10-4-2-1-3-5-10)17(29)22-9-15(26)23-12(8-16(27)28)18(30)24-13(19(31)32)7-14(21)25/h1-5,11-13H,6-9,20H2,(H2,21,25)(H,22,29)(H,23,26)(H,24,30)(H,27,28)(H,31,32). The van der Waals surface area contributed by atoms with Crippen LogP contribution in [-0.4, -0.2) is 70.5 Å². The molecule has 0 spiro atoms. The number of benzene rings is 1. The predicted molar refractivity (Wildman–Crippen MR) is 109 cm³/mol. The normalized spacial score (nSPS) is 13.2. The Morgan fingerprint density at radius 2 is 1.50 bits per heavy atom. The van der Waals surface area contributed by atoms with Gasteiger partial charge in [0.1, 0.15) is 12.1 Å². The van der Waals surface area contributed by atoms with Gasteiger partial charge in [-0.1, -0.05) is 30.3 Å². The van der Waals surface area contributed by atoms with E-state index in [0.717, 1.165) is 5.56 Å². The third-order valence-electron chi connectivity index (χ3n) is 4.11. The van der Waals surface area contributed by atoms with Crippen LogP contribution in [0.3, 0.4) is 0 Å². The number of carboxylic acid groups (broad SMARTS) is 2. The highest BCUT2D eigenvalue weighted by Gasteiger charge is 2.29. The van der Waals surface area contributed by atoms with Gasteiger partial charge in [-0.3, -0.25) is 24.0 Å². The number of primary amides is 1. The lowest BCUT2D eigenvalue weighted by Gasteiger charge is -2.20. The molecule has 0 aromatic heterocycles. The summed E-state index contributed by atoms with van der Waals surface area (Å²) in [5.41, 5.74) is 11.5. The second kappa shape index (κ2) is 12.6. The second-order valence-electron chi connectivity index (χ2n) is 6.80. The van der Waals surface area contributed by atoms with Crippen LogP contribution in [0.1, 0.15) is 18.4 Å². The van der Waals surface area contributed by atoms with Crippen molar-refractivity contribution in [2.45, 2.75) is 37.4 Å². The smallest absolute Gasteiger partial charge is 0.326 e. The van der Waals surface area contributed by atoms with E-state index in [1.54, 1.807) is 30.3 Å². The molecular weight excluding hydrogens is 426 g/mol. The maximum atomic E-state index is 12.2. The Kier molecular flexibility index (Phi) is 10.3. The first-order chi connectivity index (χ1) is 15.0. The number of nitrogens with one attached hydrogen (secondary N) is 3. The van der Waals surface area contributed by atoms with Gasteiger partial charge in [-0.05, 0) is 12.0 Å². The van der Waals surface area contributed by atoms with Crippen LogP contribution >= 0.6 is 0 Å².